The van der Waals surface area contributed by atoms with Crippen molar-refractivity contribution in [2.45, 2.75) is 18.4 Å². The molecule has 2 aromatic carbocycles. The number of rotatable bonds is 7. The van der Waals surface area contributed by atoms with Crippen LogP contribution in [0.3, 0.4) is 0 Å². The molecule has 33 heavy (non-hydrogen) atoms. The number of carbonyl (C=O) groups is 3. The molecule has 1 aromatic heterocycles. The Labute approximate surface area is 198 Å². The fourth-order valence-corrected chi connectivity index (χ4v) is 4.08. The van der Waals surface area contributed by atoms with Crippen LogP contribution < -0.4 is 10.6 Å². The number of pyridine rings is 1. The first kappa shape index (κ1) is 22.5. The van der Waals surface area contributed by atoms with Crippen LogP contribution in [0.4, 0.5) is 10.5 Å². The number of benzene rings is 2. The maximum absolute atomic E-state index is 12.6. The van der Waals surface area contributed by atoms with Gasteiger partial charge in [0.15, 0.2) is 0 Å². The number of hydrogen-bond donors (Lipinski definition) is 3. The molecule has 168 valence electrons. The monoisotopic (exact) mass is 509 g/mol. The molecule has 0 fully saturated rings. The van der Waals surface area contributed by atoms with Crippen LogP contribution >= 0.6 is 15.9 Å². The summed E-state index contributed by atoms with van der Waals surface area (Å²) >= 11 is 3.20. The molecule has 9 heteroatoms. The Morgan fingerprint density at radius 3 is 2.21 bits per heavy atom. The molecule has 1 unspecified atom stereocenters. The van der Waals surface area contributed by atoms with Crippen LogP contribution in [0.25, 0.3) is 11.1 Å². The van der Waals surface area contributed by atoms with Gasteiger partial charge in [0.05, 0.1) is 18.3 Å². The fraction of sp³-hybridized carbons (Fsp3) is 0.167. The summed E-state index contributed by atoms with van der Waals surface area (Å²) in [5.41, 5.74) is 4.65. The summed E-state index contributed by atoms with van der Waals surface area (Å²) in [5.74, 6) is -2.07. The van der Waals surface area contributed by atoms with E-state index in [1.165, 1.54) is 6.20 Å². The van der Waals surface area contributed by atoms with Gasteiger partial charge in [-0.05, 0) is 50.3 Å². The topological polar surface area (TPSA) is 118 Å². The van der Waals surface area contributed by atoms with E-state index in [4.69, 9.17) is 4.74 Å². The number of halogens is 1. The number of nitrogens with one attached hydrogen (secondary N) is 2. The Hall–Kier alpha value is -3.72. The number of alkyl carbamates (subject to hydrolysis) is 1. The van der Waals surface area contributed by atoms with Gasteiger partial charge in [0.2, 0.25) is 5.91 Å². The molecule has 2 amide bonds. The van der Waals surface area contributed by atoms with Gasteiger partial charge in [-0.1, -0.05) is 48.5 Å². The van der Waals surface area contributed by atoms with Crippen molar-refractivity contribution in [2.75, 3.05) is 11.9 Å². The zero-order valence-corrected chi connectivity index (χ0v) is 18.9. The van der Waals surface area contributed by atoms with E-state index < -0.39 is 30.4 Å². The van der Waals surface area contributed by atoms with E-state index in [1.807, 2.05) is 48.5 Å². The van der Waals surface area contributed by atoms with Crippen molar-refractivity contribution in [3.05, 3.63) is 82.6 Å². The summed E-state index contributed by atoms with van der Waals surface area (Å²) in [5, 5.41) is 14.1. The number of carboxylic acid groups (broad SMARTS) is 1. The number of carboxylic acids is 1. The maximum Gasteiger partial charge on any atom is 0.407 e. The summed E-state index contributed by atoms with van der Waals surface area (Å²) in [6.07, 6.45) is -0.0557. The van der Waals surface area contributed by atoms with Crippen molar-refractivity contribution in [3.8, 4) is 11.1 Å². The minimum atomic E-state index is -1.32. The van der Waals surface area contributed by atoms with E-state index in [9.17, 15) is 19.5 Å². The number of carbonyl (C=O) groups excluding carboxylic acids is 2. The molecule has 3 N–H and O–H groups in total. The lowest BCUT2D eigenvalue weighted by molar-refractivity contribution is -0.139. The van der Waals surface area contributed by atoms with Crippen molar-refractivity contribution in [1.82, 2.24) is 10.3 Å². The maximum atomic E-state index is 12.6. The van der Waals surface area contributed by atoms with Crippen LogP contribution in [0.1, 0.15) is 23.5 Å². The molecular weight excluding hydrogens is 490 g/mol. The quantitative estimate of drug-likeness (QED) is 0.411. The smallest absolute Gasteiger partial charge is 0.407 e. The second kappa shape index (κ2) is 9.83. The molecule has 3 aromatic rings. The van der Waals surface area contributed by atoms with E-state index in [-0.39, 0.29) is 12.5 Å². The lowest BCUT2D eigenvalue weighted by Gasteiger charge is -2.18. The van der Waals surface area contributed by atoms with Gasteiger partial charge < -0.3 is 20.5 Å². The summed E-state index contributed by atoms with van der Waals surface area (Å²) in [6, 6.07) is 17.7. The highest BCUT2D eigenvalue weighted by Crippen LogP contribution is 2.44. The van der Waals surface area contributed by atoms with Crippen LogP contribution in [-0.4, -0.2) is 40.7 Å². The van der Waals surface area contributed by atoms with Gasteiger partial charge in [0.25, 0.3) is 0 Å². The van der Waals surface area contributed by atoms with E-state index in [1.54, 1.807) is 12.1 Å². The Bertz CT molecular complexity index is 1150. The molecule has 0 saturated heterocycles. The highest BCUT2D eigenvalue weighted by atomic mass is 79.9. The van der Waals surface area contributed by atoms with Crippen molar-refractivity contribution in [3.63, 3.8) is 0 Å². The minimum absolute atomic E-state index is 0.0535. The van der Waals surface area contributed by atoms with Crippen molar-refractivity contribution in [2.24, 2.45) is 0 Å². The fourth-order valence-electron chi connectivity index (χ4n) is 3.85. The third-order valence-corrected chi connectivity index (χ3v) is 5.80. The standard InChI is InChI=1S/C24H20BrN3O5/c25-21-10-9-14(12-26-21)27-23(31)20(11-22(29)30)28-24(32)33-13-19-17-7-3-1-5-15(17)16-6-2-4-8-18(16)19/h1-10,12,19-20H,11,13H2,(H,27,31)(H,28,32)(H,29,30). The van der Waals surface area contributed by atoms with E-state index in [0.29, 0.717) is 10.3 Å². The summed E-state index contributed by atoms with van der Waals surface area (Å²) in [6.45, 7) is 0.0535. The third kappa shape index (κ3) is 5.20. The highest BCUT2D eigenvalue weighted by molar-refractivity contribution is 9.10. The van der Waals surface area contributed by atoms with E-state index >= 15 is 0 Å². The zero-order valence-electron chi connectivity index (χ0n) is 17.3. The molecule has 0 aliphatic heterocycles. The SMILES string of the molecule is O=C(O)CC(NC(=O)OCC1c2ccccc2-c2ccccc21)C(=O)Nc1ccc(Br)nc1. The average molecular weight is 510 g/mol. The number of amides is 2. The van der Waals surface area contributed by atoms with Gasteiger partial charge in [0, 0.05) is 5.92 Å². The van der Waals surface area contributed by atoms with Crippen LogP contribution in [0, 0.1) is 0 Å². The average Bonchev–Trinajstić information content (AvgIpc) is 3.12. The molecule has 0 saturated carbocycles. The first-order chi connectivity index (χ1) is 15.9. The third-order valence-electron chi connectivity index (χ3n) is 5.33. The molecule has 1 atom stereocenters. The van der Waals surface area contributed by atoms with Crippen LogP contribution in [0.15, 0.2) is 71.5 Å². The normalized spacial score (nSPS) is 12.9. The highest BCUT2D eigenvalue weighted by Gasteiger charge is 2.30. The molecular formula is C24H20BrN3O5. The first-order valence-corrected chi connectivity index (χ1v) is 11.0. The second-order valence-corrected chi connectivity index (χ2v) is 8.29. The van der Waals surface area contributed by atoms with Gasteiger partial charge in [-0.25, -0.2) is 9.78 Å². The van der Waals surface area contributed by atoms with Gasteiger partial charge in [-0.2, -0.15) is 0 Å². The zero-order chi connectivity index (χ0) is 23.4. The lowest BCUT2D eigenvalue weighted by Crippen LogP contribution is -2.45. The Balaban J connectivity index is 1.42. The molecule has 0 bridgehead atoms. The molecule has 0 radical (unpaired) electrons. The Kier molecular flexibility index (Phi) is 6.69. The van der Waals surface area contributed by atoms with Crippen LogP contribution in [0.5, 0.6) is 0 Å². The second-order valence-electron chi connectivity index (χ2n) is 7.48. The lowest BCUT2D eigenvalue weighted by atomic mass is 9.98. The number of ether oxygens (including phenoxy) is 1. The number of aromatic nitrogens is 1. The van der Waals surface area contributed by atoms with Crippen LogP contribution in [-0.2, 0) is 14.3 Å². The van der Waals surface area contributed by atoms with Crippen LogP contribution in [0.2, 0.25) is 0 Å². The molecule has 1 heterocycles. The number of nitrogens with zero attached hydrogens (tertiary/aromatic N) is 1. The number of fused-ring (bicyclic) bond motifs is 3. The summed E-state index contributed by atoms with van der Waals surface area (Å²) in [7, 11) is 0. The largest absolute Gasteiger partial charge is 0.481 e. The molecule has 1 aliphatic carbocycles. The molecule has 8 nitrogen and oxygen atoms in total. The van der Waals surface area contributed by atoms with Crippen molar-refractivity contribution < 1.29 is 24.2 Å². The Morgan fingerprint density at radius 1 is 1.00 bits per heavy atom. The number of anilines is 1. The van der Waals surface area contributed by atoms with Gasteiger partial charge in [0.1, 0.15) is 17.3 Å². The molecule has 1 aliphatic rings. The van der Waals surface area contributed by atoms with Crippen molar-refractivity contribution in [1.29, 1.82) is 0 Å². The van der Waals surface area contributed by atoms with E-state index in [0.717, 1.165) is 22.3 Å². The number of aliphatic carboxylic acids is 1. The molecule has 4 rings (SSSR count). The van der Waals surface area contributed by atoms with Gasteiger partial charge in [-0.3, -0.25) is 9.59 Å². The predicted molar refractivity (Wildman–Crippen MR) is 125 cm³/mol. The van der Waals surface area contributed by atoms with Gasteiger partial charge in [-0.15, -0.1) is 0 Å². The Morgan fingerprint density at radius 2 is 1.64 bits per heavy atom. The minimum Gasteiger partial charge on any atom is -0.481 e. The summed E-state index contributed by atoms with van der Waals surface area (Å²) in [4.78, 5) is 40.3. The van der Waals surface area contributed by atoms with Gasteiger partial charge >= 0.3 is 12.1 Å². The molecule has 0 spiro atoms. The number of hydrogen-bond acceptors (Lipinski definition) is 5. The first-order valence-electron chi connectivity index (χ1n) is 10.2. The summed E-state index contributed by atoms with van der Waals surface area (Å²) < 4.78 is 6.01. The van der Waals surface area contributed by atoms with Crippen molar-refractivity contribution >= 4 is 39.6 Å². The predicted octanol–water partition coefficient (Wildman–Crippen LogP) is 4.16. The van der Waals surface area contributed by atoms with E-state index in [2.05, 4.69) is 31.5 Å².